The Morgan fingerprint density at radius 2 is 1.89 bits per heavy atom. The molecule has 0 bridgehead atoms. The summed E-state index contributed by atoms with van der Waals surface area (Å²) in [6, 6.07) is 13.2. The van der Waals surface area contributed by atoms with Gasteiger partial charge in [0.1, 0.15) is 5.71 Å². The quantitative estimate of drug-likeness (QED) is 0.619. The molecule has 2 aliphatic rings. The minimum atomic E-state index is -3.65. The minimum Gasteiger partial charge on any atom is -0.314 e. The van der Waals surface area contributed by atoms with E-state index in [1.807, 2.05) is 30.5 Å². The number of allylic oxidation sites excluding steroid dienone is 2. The summed E-state index contributed by atoms with van der Waals surface area (Å²) in [4.78, 5) is 0.294. The molecule has 0 unspecified atom stereocenters. The Bertz CT molecular complexity index is 1280. The van der Waals surface area contributed by atoms with Crippen LogP contribution in [0.3, 0.4) is 0 Å². The first-order chi connectivity index (χ1) is 13.5. The van der Waals surface area contributed by atoms with E-state index < -0.39 is 10.0 Å². The Labute approximate surface area is 165 Å². The predicted molar refractivity (Wildman–Crippen MR) is 112 cm³/mol. The molecule has 2 aromatic heterocycles. The summed E-state index contributed by atoms with van der Waals surface area (Å²) in [6.07, 6.45) is 7.68. The van der Waals surface area contributed by atoms with Crippen molar-refractivity contribution >= 4 is 26.8 Å². The maximum atomic E-state index is 12.6. The van der Waals surface area contributed by atoms with Gasteiger partial charge < -0.3 is 4.40 Å². The van der Waals surface area contributed by atoms with Crippen LogP contribution in [0.1, 0.15) is 48.6 Å². The molecule has 0 N–H and O–H groups in total. The normalized spacial score (nSPS) is 20.7. The molecule has 5 heteroatoms. The lowest BCUT2D eigenvalue weighted by Gasteiger charge is -2.18. The smallest absolute Gasteiger partial charge is 0.283 e. The summed E-state index contributed by atoms with van der Waals surface area (Å²) in [5, 5.41) is 0. The van der Waals surface area contributed by atoms with Gasteiger partial charge in [-0.25, -0.2) is 0 Å². The maximum Gasteiger partial charge on any atom is 0.283 e. The molecule has 0 spiro atoms. The third kappa shape index (κ3) is 2.49. The molecule has 0 saturated carbocycles. The van der Waals surface area contributed by atoms with Gasteiger partial charge in [0.15, 0.2) is 0 Å². The summed E-state index contributed by atoms with van der Waals surface area (Å²) >= 11 is 0. The van der Waals surface area contributed by atoms with Gasteiger partial charge in [-0.15, -0.1) is 0 Å². The lowest BCUT2D eigenvalue weighted by molar-refractivity contribution is 0.534. The van der Waals surface area contributed by atoms with Gasteiger partial charge in [-0.05, 0) is 61.4 Å². The summed E-state index contributed by atoms with van der Waals surface area (Å²) in [6.45, 7) is 4.38. The number of nitrogens with zero attached hydrogens (tertiary/aromatic N) is 2. The van der Waals surface area contributed by atoms with Crippen LogP contribution >= 0.6 is 0 Å². The Kier molecular flexibility index (Phi) is 3.85. The zero-order chi connectivity index (χ0) is 19.5. The third-order valence-electron chi connectivity index (χ3n) is 5.94. The summed E-state index contributed by atoms with van der Waals surface area (Å²) in [7, 11) is -3.65. The Hall–Kier alpha value is -2.66. The van der Waals surface area contributed by atoms with Crippen LogP contribution in [0.5, 0.6) is 0 Å². The Morgan fingerprint density at radius 1 is 1.11 bits per heavy atom. The Morgan fingerprint density at radius 3 is 2.68 bits per heavy atom. The second-order valence-corrected chi connectivity index (χ2v) is 9.40. The number of aromatic nitrogens is 1. The first-order valence-corrected chi connectivity index (χ1v) is 11.1. The van der Waals surface area contributed by atoms with E-state index in [1.54, 1.807) is 12.1 Å². The van der Waals surface area contributed by atoms with E-state index >= 15 is 0 Å². The number of sulfonamides is 1. The van der Waals surface area contributed by atoms with Crippen molar-refractivity contribution in [3.63, 3.8) is 0 Å². The number of pyridine rings is 1. The van der Waals surface area contributed by atoms with Crippen LogP contribution in [0, 0.1) is 12.8 Å². The van der Waals surface area contributed by atoms with Gasteiger partial charge >= 0.3 is 0 Å². The van der Waals surface area contributed by atoms with E-state index in [2.05, 4.69) is 34.8 Å². The van der Waals surface area contributed by atoms with Crippen LogP contribution in [-0.4, -0.2) is 18.5 Å². The maximum absolute atomic E-state index is 12.6. The molecule has 0 amide bonds. The SMILES string of the molecule is Cc1c(C2=CC[C@H](C)CC2)c2ccccn2c1C1=NS(=O)(=O)c2ccccc21. The fourth-order valence-corrected chi connectivity index (χ4v) is 5.72. The molecular weight excluding hydrogens is 368 g/mol. The van der Waals surface area contributed by atoms with E-state index in [0.717, 1.165) is 29.6 Å². The van der Waals surface area contributed by atoms with Gasteiger partial charge in [-0.3, -0.25) is 0 Å². The van der Waals surface area contributed by atoms with E-state index in [9.17, 15) is 8.42 Å². The van der Waals surface area contributed by atoms with Gasteiger partial charge in [0.25, 0.3) is 10.0 Å². The largest absolute Gasteiger partial charge is 0.314 e. The molecule has 1 atom stereocenters. The van der Waals surface area contributed by atoms with Crippen molar-refractivity contribution in [2.24, 2.45) is 10.3 Å². The molecule has 3 aromatic rings. The second kappa shape index (κ2) is 6.17. The summed E-state index contributed by atoms with van der Waals surface area (Å²) in [5.41, 5.74) is 6.90. The topological polar surface area (TPSA) is 50.9 Å². The van der Waals surface area contributed by atoms with E-state index in [1.165, 1.54) is 17.6 Å². The predicted octanol–water partition coefficient (Wildman–Crippen LogP) is 4.99. The van der Waals surface area contributed by atoms with Crippen molar-refractivity contribution in [3.05, 3.63) is 77.1 Å². The number of hydrogen-bond acceptors (Lipinski definition) is 2. The second-order valence-electron chi connectivity index (χ2n) is 7.82. The van der Waals surface area contributed by atoms with Crippen molar-refractivity contribution in [1.29, 1.82) is 0 Å². The molecule has 0 saturated heterocycles. The average molecular weight is 391 g/mol. The zero-order valence-corrected chi connectivity index (χ0v) is 16.8. The van der Waals surface area contributed by atoms with Gasteiger partial charge in [0.2, 0.25) is 0 Å². The molecule has 3 heterocycles. The molecule has 142 valence electrons. The number of benzene rings is 1. The van der Waals surface area contributed by atoms with Crippen LogP contribution in [0.15, 0.2) is 64.0 Å². The van der Waals surface area contributed by atoms with Crippen LogP contribution in [-0.2, 0) is 10.0 Å². The van der Waals surface area contributed by atoms with Gasteiger partial charge in [0.05, 0.1) is 16.1 Å². The molecule has 1 aliphatic heterocycles. The van der Waals surface area contributed by atoms with Gasteiger partial charge in [-0.2, -0.15) is 12.8 Å². The monoisotopic (exact) mass is 390 g/mol. The first kappa shape index (κ1) is 17.4. The van der Waals surface area contributed by atoms with E-state index in [4.69, 9.17) is 0 Å². The molecule has 1 aliphatic carbocycles. The van der Waals surface area contributed by atoms with Crippen molar-refractivity contribution < 1.29 is 8.42 Å². The lowest BCUT2D eigenvalue weighted by Crippen LogP contribution is -2.06. The van der Waals surface area contributed by atoms with Gasteiger partial charge in [0, 0.05) is 17.3 Å². The third-order valence-corrected chi connectivity index (χ3v) is 7.27. The average Bonchev–Trinajstić information content (AvgIpc) is 3.13. The highest BCUT2D eigenvalue weighted by Gasteiger charge is 2.33. The molecule has 0 radical (unpaired) electrons. The Balaban J connectivity index is 1.80. The fourth-order valence-electron chi connectivity index (χ4n) is 4.50. The molecule has 0 fully saturated rings. The highest BCUT2D eigenvalue weighted by atomic mass is 32.2. The highest BCUT2D eigenvalue weighted by molar-refractivity contribution is 7.90. The molecule has 28 heavy (non-hydrogen) atoms. The fraction of sp³-hybridized carbons (Fsp3) is 0.261. The lowest BCUT2D eigenvalue weighted by atomic mass is 9.86. The summed E-state index contributed by atoms with van der Waals surface area (Å²) in [5.74, 6) is 0.716. The number of hydrogen-bond donors (Lipinski definition) is 0. The number of rotatable bonds is 2. The molecule has 1 aromatic carbocycles. The van der Waals surface area contributed by atoms with Crippen LogP contribution in [0.2, 0.25) is 0 Å². The first-order valence-electron chi connectivity index (χ1n) is 9.71. The van der Waals surface area contributed by atoms with Crippen molar-refractivity contribution in [2.45, 2.75) is 38.0 Å². The zero-order valence-electron chi connectivity index (χ0n) is 16.0. The standard InChI is InChI=1S/C23H22N2O2S/c1-15-10-12-17(13-11-15)21-16(2)23(25-14-6-5-8-19(21)25)22-18-7-3-4-9-20(18)28(26,27)24-22/h3-9,12,14-15H,10-11,13H2,1-2H3/t15-/m0/s1. The van der Waals surface area contributed by atoms with Crippen molar-refractivity contribution in [3.8, 4) is 0 Å². The van der Waals surface area contributed by atoms with Gasteiger partial charge in [-0.1, -0.05) is 37.3 Å². The van der Waals surface area contributed by atoms with Crippen molar-refractivity contribution in [1.82, 2.24) is 4.40 Å². The van der Waals surface area contributed by atoms with E-state index in [0.29, 0.717) is 22.1 Å². The van der Waals surface area contributed by atoms with Crippen molar-refractivity contribution in [2.75, 3.05) is 0 Å². The minimum absolute atomic E-state index is 0.294. The summed E-state index contributed by atoms with van der Waals surface area (Å²) < 4.78 is 31.5. The van der Waals surface area contributed by atoms with Crippen LogP contribution in [0.4, 0.5) is 0 Å². The number of fused-ring (bicyclic) bond motifs is 2. The van der Waals surface area contributed by atoms with Crippen LogP contribution < -0.4 is 0 Å². The molecule has 5 rings (SSSR count). The van der Waals surface area contributed by atoms with Crippen LogP contribution in [0.25, 0.3) is 11.1 Å². The molecule has 4 nitrogen and oxygen atoms in total. The highest BCUT2D eigenvalue weighted by Crippen LogP contribution is 2.39. The molecular formula is C23H22N2O2S. The van der Waals surface area contributed by atoms with E-state index in [-0.39, 0.29) is 0 Å².